The van der Waals surface area contributed by atoms with Crippen LogP contribution in [0.2, 0.25) is 0 Å². The molecule has 8 heteroatoms. The van der Waals surface area contributed by atoms with E-state index < -0.39 is 15.6 Å². The molecule has 104 valence electrons. The Kier molecular flexibility index (Phi) is 5.82. The number of rotatable bonds is 7. The monoisotopic (exact) mass is 401 g/mol. The molecule has 0 saturated heterocycles. The number of alkyl halides is 2. The average Bonchev–Trinajstić information content (AvgIpc) is 2.85. The van der Waals surface area contributed by atoms with Crippen LogP contribution in [-0.4, -0.2) is 34.2 Å². The van der Waals surface area contributed by atoms with Gasteiger partial charge in [0.25, 0.3) is 10.0 Å². The van der Waals surface area contributed by atoms with Gasteiger partial charge in [-0.1, -0.05) is 38.8 Å². The molecule has 0 unspecified atom stereocenters. The minimum atomic E-state index is -3.59. The smallest absolute Gasteiger partial charge is 0.260 e. The second-order valence-electron chi connectivity index (χ2n) is 4.05. The van der Waals surface area contributed by atoms with Gasteiger partial charge in [0.15, 0.2) is 5.03 Å². The van der Waals surface area contributed by atoms with Gasteiger partial charge in [0.1, 0.15) is 0 Å². The van der Waals surface area contributed by atoms with Gasteiger partial charge in [0, 0.05) is 23.4 Å². The summed E-state index contributed by atoms with van der Waals surface area (Å²) < 4.78 is 28.9. The van der Waals surface area contributed by atoms with E-state index in [0.29, 0.717) is 23.6 Å². The summed E-state index contributed by atoms with van der Waals surface area (Å²) in [6.45, 7) is 4.56. The first-order valence-corrected chi connectivity index (χ1v) is 9.33. The molecule has 0 aliphatic heterocycles. The molecule has 1 heterocycles. The molecular weight excluding hydrogens is 386 g/mol. The molecule has 5 nitrogen and oxygen atoms in total. The summed E-state index contributed by atoms with van der Waals surface area (Å²) in [6.07, 6.45) is 3.73. The van der Waals surface area contributed by atoms with Crippen LogP contribution in [0.3, 0.4) is 0 Å². The molecule has 1 rings (SSSR count). The van der Waals surface area contributed by atoms with Crippen LogP contribution in [0.15, 0.2) is 17.6 Å². The van der Waals surface area contributed by atoms with Gasteiger partial charge >= 0.3 is 0 Å². The van der Waals surface area contributed by atoms with Crippen molar-refractivity contribution in [1.82, 2.24) is 14.3 Å². The van der Waals surface area contributed by atoms with Crippen LogP contribution < -0.4 is 4.72 Å². The number of hydrogen-bond donors (Lipinski definition) is 1. The molecular formula is C10H17Br2N3O2S. The van der Waals surface area contributed by atoms with Crippen molar-refractivity contribution < 1.29 is 8.42 Å². The van der Waals surface area contributed by atoms with Crippen LogP contribution in [0.4, 0.5) is 0 Å². The molecule has 0 aromatic carbocycles. The van der Waals surface area contributed by atoms with Crippen molar-refractivity contribution in [3.63, 3.8) is 0 Å². The van der Waals surface area contributed by atoms with Gasteiger partial charge in [-0.15, -0.1) is 0 Å². The average molecular weight is 403 g/mol. The normalized spacial score (nSPS) is 12.9. The number of hydrogen-bond acceptors (Lipinski definition) is 3. The van der Waals surface area contributed by atoms with Crippen LogP contribution in [0.5, 0.6) is 0 Å². The van der Waals surface area contributed by atoms with Crippen molar-refractivity contribution in [2.75, 3.05) is 10.7 Å². The number of halogens is 2. The third-order valence-electron chi connectivity index (χ3n) is 2.79. The van der Waals surface area contributed by atoms with E-state index in [1.54, 1.807) is 4.57 Å². The third kappa shape index (κ3) is 3.55. The topological polar surface area (TPSA) is 64.0 Å². The Morgan fingerprint density at radius 1 is 1.39 bits per heavy atom. The third-order valence-corrected chi connectivity index (χ3v) is 6.40. The molecule has 0 radical (unpaired) electrons. The Hall–Kier alpha value is 0.0800. The summed E-state index contributed by atoms with van der Waals surface area (Å²) >= 11 is 6.71. The lowest BCUT2D eigenvalue weighted by Crippen LogP contribution is -2.51. The summed E-state index contributed by atoms with van der Waals surface area (Å²) in [7, 11) is -3.59. The van der Waals surface area contributed by atoms with Crippen molar-refractivity contribution >= 4 is 41.9 Å². The Morgan fingerprint density at radius 3 is 2.39 bits per heavy atom. The minimum absolute atomic E-state index is 0.0593. The van der Waals surface area contributed by atoms with Crippen molar-refractivity contribution in [2.24, 2.45) is 0 Å². The molecule has 0 bridgehead atoms. The van der Waals surface area contributed by atoms with Crippen molar-refractivity contribution in [3.8, 4) is 0 Å². The molecule has 0 fully saturated rings. The first-order valence-electron chi connectivity index (χ1n) is 5.60. The maximum absolute atomic E-state index is 12.2. The minimum Gasteiger partial charge on any atom is -0.336 e. The first kappa shape index (κ1) is 16.1. The molecule has 0 aliphatic rings. The van der Waals surface area contributed by atoms with E-state index in [9.17, 15) is 8.42 Å². The molecule has 18 heavy (non-hydrogen) atoms. The first-order chi connectivity index (χ1) is 8.43. The van der Waals surface area contributed by atoms with Crippen LogP contribution in [0.25, 0.3) is 0 Å². The SMILES string of the molecule is CCn1cnc(S(=O)(=O)NC(CC)(CBr)CBr)c1. The van der Waals surface area contributed by atoms with Gasteiger partial charge < -0.3 is 4.57 Å². The fourth-order valence-corrected chi connectivity index (χ4v) is 5.14. The van der Waals surface area contributed by atoms with Crippen LogP contribution in [0, 0.1) is 0 Å². The van der Waals surface area contributed by atoms with Gasteiger partial charge in [-0.05, 0) is 13.3 Å². The molecule has 0 spiro atoms. The zero-order valence-corrected chi connectivity index (χ0v) is 14.3. The van der Waals surface area contributed by atoms with Gasteiger partial charge in [-0.25, -0.2) is 18.1 Å². The Balaban J connectivity index is 3.00. The van der Waals surface area contributed by atoms with E-state index in [1.807, 2.05) is 13.8 Å². The number of nitrogens with one attached hydrogen (secondary N) is 1. The standard InChI is InChI=1S/C10H17Br2N3O2S/c1-3-10(6-11,7-12)14-18(16,17)9-5-15(4-2)8-13-9/h5,8,14H,3-4,6-7H2,1-2H3. The van der Waals surface area contributed by atoms with Crippen LogP contribution >= 0.6 is 31.9 Å². The summed E-state index contributed by atoms with van der Waals surface area (Å²) in [5, 5.41) is 1.13. The highest BCUT2D eigenvalue weighted by Gasteiger charge is 2.32. The predicted molar refractivity (Wildman–Crippen MR) is 78.8 cm³/mol. The predicted octanol–water partition coefficient (Wildman–Crippen LogP) is 2.12. The summed E-state index contributed by atoms with van der Waals surface area (Å²) in [4.78, 5) is 3.93. The second-order valence-corrected chi connectivity index (χ2v) is 6.80. The lowest BCUT2D eigenvalue weighted by molar-refractivity contribution is 0.458. The van der Waals surface area contributed by atoms with E-state index in [1.165, 1.54) is 12.5 Å². The maximum Gasteiger partial charge on any atom is 0.260 e. The van der Waals surface area contributed by atoms with E-state index in [4.69, 9.17) is 0 Å². The number of nitrogens with zero attached hydrogens (tertiary/aromatic N) is 2. The largest absolute Gasteiger partial charge is 0.336 e. The van der Waals surface area contributed by atoms with Gasteiger partial charge in [-0.2, -0.15) is 0 Å². The van der Waals surface area contributed by atoms with Gasteiger partial charge in [-0.3, -0.25) is 0 Å². The molecule has 0 amide bonds. The fourth-order valence-electron chi connectivity index (χ4n) is 1.34. The van der Waals surface area contributed by atoms with Gasteiger partial charge in [0.05, 0.1) is 11.9 Å². The molecule has 0 atom stereocenters. The highest BCUT2D eigenvalue weighted by molar-refractivity contribution is 9.09. The number of sulfonamides is 1. The number of imidazole rings is 1. The highest BCUT2D eigenvalue weighted by Crippen LogP contribution is 2.20. The quantitative estimate of drug-likeness (QED) is 0.710. The lowest BCUT2D eigenvalue weighted by atomic mass is 10.0. The highest BCUT2D eigenvalue weighted by atomic mass is 79.9. The summed E-state index contributed by atoms with van der Waals surface area (Å²) in [5.41, 5.74) is -0.533. The van der Waals surface area contributed by atoms with Crippen LogP contribution in [-0.2, 0) is 16.6 Å². The van der Waals surface area contributed by atoms with E-state index in [-0.39, 0.29) is 5.03 Å². The number of aryl methyl sites for hydroxylation is 1. The van der Waals surface area contributed by atoms with Gasteiger partial charge in [0.2, 0.25) is 0 Å². The molecule has 1 N–H and O–H groups in total. The van der Waals surface area contributed by atoms with E-state index in [0.717, 1.165) is 0 Å². The molecule has 1 aromatic heterocycles. The molecule has 1 aromatic rings. The zero-order chi connectivity index (χ0) is 13.8. The summed E-state index contributed by atoms with van der Waals surface area (Å²) in [5.74, 6) is 0. The van der Waals surface area contributed by atoms with Crippen molar-refractivity contribution in [1.29, 1.82) is 0 Å². The fraction of sp³-hybridized carbons (Fsp3) is 0.700. The lowest BCUT2D eigenvalue weighted by Gasteiger charge is -2.28. The maximum atomic E-state index is 12.2. The Morgan fingerprint density at radius 2 is 2.00 bits per heavy atom. The van der Waals surface area contributed by atoms with Crippen LogP contribution in [0.1, 0.15) is 20.3 Å². The van der Waals surface area contributed by atoms with E-state index in [2.05, 4.69) is 41.6 Å². The molecule has 0 aliphatic carbocycles. The molecule has 0 saturated carbocycles. The second kappa shape index (κ2) is 6.49. The van der Waals surface area contributed by atoms with Crippen molar-refractivity contribution in [3.05, 3.63) is 12.5 Å². The Labute approximate surface area is 125 Å². The summed E-state index contributed by atoms with van der Waals surface area (Å²) in [6, 6.07) is 0. The number of aromatic nitrogens is 2. The Bertz CT molecular complexity index is 475. The zero-order valence-electron chi connectivity index (χ0n) is 10.4. The van der Waals surface area contributed by atoms with Crippen molar-refractivity contribution in [2.45, 2.75) is 37.4 Å². The van der Waals surface area contributed by atoms with E-state index >= 15 is 0 Å².